The minimum Gasteiger partial charge on any atom is -0.390 e. The van der Waals surface area contributed by atoms with E-state index < -0.39 is 10.0 Å². The molecule has 2 atom stereocenters. The zero-order valence-electron chi connectivity index (χ0n) is 12.4. The molecule has 1 saturated heterocycles. The second-order valence-corrected chi connectivity index (χ2v) is 7.42. The molecule has 1 aliphatic rings. The van der Waals surface area contributed by atoms with Crippen LogP contribution in [0.5, 0.6) is 0 Å². The molecule has 1 aromatic rings. The SMILES string of the molecule is CCn1cc(S(=O)(=O)N2[C@H](C)CCC[C@@H]2C)cc1CO. The fourth-order valence-electron chi connectivity index (χ4n) is 3.09. The van der Waals surface area contributed by atoms with E-state index in [1.807, 2.05) is 20.8 Å². The van der Waals surface area contributed by atoms with Crippen molar-refractivity contribution in [3.05, 3.63) is 18.0 Å². The fraction of sp³-hybridized carbons (Fsp3) is 0.714. The molecule has 0 unspecified atom stereocenters. The molecule has 0 radical (unpaired) electrons. The molecule has 6 heteroatoms. The lowest BCUT2D eigenvalue weighted by Gasteiger charge is -2.37. The average molecular weight is 300 g/mol. The molecular formula is C14H24N2O3S. The van der Waals surface area contributed by atoms with Crippen LogP contribution < -0.4 is 0 Å². The average Bonchev–Trinajstić information content (AvgIpc) is 2.82. The summed E-state index contributed by atoms with van der Waals surface area (Å²) < 4.78 is 29.1. The predicted molar refractivity (Wildman–Crippen MR) is 77.8 cm³/mol. The molecule has 0 saturated carbocycles. The number of aliphatic hydroxyl groups excluding tert-OH is 1. The lowest BCUT2D eigenvalue weighted by molar-refractivity contribution is 0.204. The normalized spacial score (nSPS) is 25.0. The summed E-state index contributed by atoms with van der Waals surface area (Å²) in [6.07, 6.45) is 4.52. The highest BCUT2D eigenvalue weighted by atomic mass is 32.2. The number of hydrogen-bond donors (Lipinski definition) is 1. The number of aliphatic hydroxyl groups is 1. The molecule has 2 rings (SSSR count). The van der Waals surface area contributed by atoms with E-state index in [-0.39, 0.29) is 18.7 Å². The Labute approximate surface area is 121 Å². The van der Waals surface area contributed by atoms with Crippen molar-refractivity contribution in [2.45, 2.75) is 70.2 Å². The third-order valence-electron chi connectivity index (χ3n) is 4.15. The minimum absolute atomic E-state index is 0.0336. The molecule has 0 aliphatic carbocycles. The Morgan fingerprint density at radius 2 is 1.90 bits per heavy atom. The van der Waals surface area contributed by atoms with Crippen LogP contribution in [-0.2, 0) is 23.2 Å². The zero-order valence-corrected chi connectivity index (χ0v) is 13.2. The third-order valence-corrected chi connectivity index (χ3v) is 6.25. The van der Waals surface area contributed by atoms with Crippen LogP contribution >= 0.6 is 0 Å². The van der Waals surface area contributed by atoms with E-state index in [1.54, 1.807) is 21.1 Å². The van der Waals surface area contributed by atoms with Crippen molar-refractivity contribution in [2.75, 3.05) is 0 Å². The molecule has 1 aliphatic heterocycles. The van der Waals surface area contributed by atoms with Crippen LogP contribution in [0.25, 0.3) is 0 Å². The third kappa shape index (κ3) is 2.64. The fourth-order valence-corrected chi connectivity index (χ4v) is 5.03. The molecule has 0 spiro atoms. The maximum Gasteiger partial charge on any atom is 0.245 e. The Morgan fingerprint density at radius 1 is 1.30 bits per heavy atom. The Balaban J connectivity index is 2.41. The lowest BCUT2D eigenvalue weighted by Crippen LogP contribution is -2.47. The number of piperidine rings is 1. The first kappa shape index (κ1) is 15.5. The molecule has 20 heavy (non-hydrogen) atoms. The van der Waals surface area contributed by atoms with E-state index in [9.17, 15) is 13.5 Å². The Hall–Kier alpha value is -0.850. The van der Waals surface area contributed by atoms with Crippen LogP contribution in [-0.4, -0.2) is 34.5 Å². The number of aromatic nitrogens is 1. The second kappa shape index (κ2) is 5.87. The van der Waals surface area contributed by atoms with Gasteiger partial charge in [-0.15, -0.1) is 0 Å². The van der Waals surface area contributed by atoms with E-state index >= 15 is 0 Å². The molecule has 1 fully saturated rings. The smallest absolute Gasteiger partial charge is 0.245 e. The summed E-state index contributed by atoms with van der Waals surface area (Å²) in [4.78, 5) is 0.295. The molecule has 0 bridgehead atoms. The number of hydrogen-bond acceptors (Lipinski definition) is 3. The van der Waals surface area contributed by atoms with Crippen LogP contribution in [0, 0.1) is 0 Å². The molecule has 2 heterocycles. The number of nitrogens with zero attached hydrogens (tertiary/aromatic N) is 2. The quantitative estimate of drug-likeness (QED) is 0.924. The van der Waals surface area contributed by atoms with Gasteiger partial charge >= 0.3 is 0 Å². The maximum atomic E-state index is 12.8. The van der Waals surface area contributed by atoms with Gasteiger partial charge in [-0.2, -0.15) is 4.31 Å². The summed E-state index contributed by atoms with van der Waals surface area (Å²) in [5, 5.41) is 9.31. The summed E-state index contributed by atoms with van der Waals surface area (Å²) >= 11 is 0. The van der Waals surface area contributed by atoms with Gasteiger partial charge in [-0.1, -0.05) is 6.42 Å². The van der Waals surface area contributed by atoms with Crippen molar-refractivity contribution >= 4 is 10.0 Å². The van der Waals surface area contributed by atoms with E-state index in [2.05, 4.69) is 0 Å². The predicted octanol–water partition coefficient (Wildman–Crippen LogP) is 1.95. The monoisotopic (exact) mass is 300 g/mol. The Kier molecular flexibility index (Phi) is 4.56. The lowest BCUT2D eigenvalue weighted by atomic mass is 10.0. The van der Waals surface area contributed by atoms with Gasteiger partial charge < -0.3 is 9.67 Å². The van der Waals surface area contributed by atoms with Gasteiger partial charge in [0.25, 0.3) is 0 Å². The summed E-state index contributed by atoms with van der Waals surface area (Å²) in [6.45, 7) is 6.38. The van der Waals surface area contributed by atoms with E-state index in [0.29, 0.717) is 17.1 Å². The first-order valence-electron chi connectivity index (χ1n) is 7.25. The largest absolute Gasteiger partial charge is 0.390 e. The highest BCUT2D eigenvalue weighted by molar-refractivity contribution is 7.89. The van der Waals surface area contributed by atoms with Gasteiger partial charge in [0.2, 0.25) is 10.0 Å². The molecule has 1 aromatic heterocycles. The van der Waals surface area contributed by atoms with Crippen molar-refractivity contribution in [1.82, 2.24) is 8.87 Å². The first-order valence-corrected chi connectivity index (χ1v) is 8.69. The first-order chi connectivity index (χ1) is 9.41. The van der Waals surface area contributed by atoms with Crippen molar-refractivity contribution in [3.63, 3.8) is 0 Å². The minimum atomic E-state index is -3.48. The van der Waals surface area contributed by atoms with Gasteiger partial charge in [0.1, 0.15) is 4.90 Å². The van der Waals surface area contributed by atoms with Crippen LogP contribution in [0.4, 0.5) is 0 Å². The standard InChI is InChI=1S/C14H24N2O3S/c1-4-15-9-14(8-13(15)10-17)20(18,19)16-11(2)6-5-7-12(16)3/h8-9,11-12,17H,4-7,10H2,1-3H3/t11-,12+. The van der Waals surface area contributed by atoms with Gasteiger partial charge in [-0.3, -0.25) is 0 Å². The number of sulfonamides is 1. The van der Waals surface area contributed by atoms with E-state index in [4.69, 9.17) is 0 Å². The molecular weight excluding hydrogens is 276 g/mol. The summed E-state index contributed by atoms with van der Waals surface area (Å²) in [6, 6.07) is 1.66. The van der Waals surface area contributed by atoms with Crippen molar-refractivity contribution in [2.24, 2.45) is 0 Å². The van der Waals surface area contributed by atoms with Crippen LogP contribution in [0.2, 0.25) is 0 Å². The highest BCUT2D eigenvalue weighted by Crippen LogP contribution is 2.30. The van der Waals surface area contributed by atoms with Gasteiger partial charge in [-0.05, 0) is 39.7 Å². The van der Waals surface area contributed by atoms with Gasteiger partial charge in [0.15, 0.2) is 0 Å². The maximum absolute atomic E-state index is 12.8. The topological polar surface area (TPSA) is 62.5 Å². The summed E-state index contributed by atoms with van der Waals surface area (Å²) in [5.74, 6) is 0. The van der Waals surface area contributed by atoms with Crippen molar-refractivity contribution < 1.29 is 13.5 Å². The van der Waals surface area contributed by atoms with E-state index in [1.165, 1.54) is 0 Å². The van der Waals surface area contributed by atoms with Crippen LogP contribution in [0.1, 0.15) is 45.7 Å². The molecule has 0 aromatic carbocycles. The Bertz CT molecular complexity index is 533. The van der Waals surface area contributed by atoms with Crippen molar-refractivity contribution in [1.29, 1.82) is 0 Å². The summed E-state index contributed by atoms with van der Waals surface area (Å²) in [7, 11) is -3.48. The van der Waals surface area contributed by atoms with Crippen molar-refractivity contribution in [3.8, 4) is 0 Å². The Morgan fingerprint density at radius 3 is 2.35 bits per heavy atom. The van der Waals surface area contributed by atoms with Gasteiger partial charge in [0, 0.05) is 30.5 Å². The molecule has 114 valence electrons. The van der Waals surface area contributed by atoms with Gasteiger partial charge in [0.05, 0.1) is 6.61 Å². The molecule has 1 N–H and O–H groups in total. The number of rotatable bonds is 4. The van der Waals surface area contributed by atoms with Gasteiger partial charge in [-0.25, -0.2) is 8.42 Å². The number of aryl methyl sites for hydroxylation is 1. The summed E-state index contributed by atoms with van der Waals surface area (Å²) in [5.41, 5.74) is 0.642. The highest BCUT2D eigenvalue weighted by Gasteiger charge is 2.36. The molecule has 5 nitrogen and oxygen atoms in total. The zero-order chi connectivity index (χ0) is 14.9. The van der Waals surface area contributed by atoms with Crippen LogP contribution in [0.3, 0.4) is 0 Å². The van der Waals surface area contributed by atoms with Crippen LogP contribution in [0.15, 0.2) is 17.2 Å². The van der Waals surface area contributed by atoms with E-state index in [0.717, 1.165) is 19.3 Å². The molecule has 0 amide bonds. The second-order valence-electron chi connectivity index (χ2n) is 5.58.